The van der Waals surface area contributed by atoms with Gasteiger partial charge in [0.15, 0.2) is 0 Å². The lowest BCUT2D eigenvalue weighted by atomic mass is 9.65. The zero-order chi connectivity index (χ0) is 10.2. The molecule has 0 amide bonds. The molecule has 1 saturated carbocycles. The maximum absolute atomic E-state index is 10.6. The minimum absolute atomic E-state index is 0.117. The maximum Gasteiger partial charge on any atom is 0.306 e. The molecule has 0 aromatic heterocycles. The third-order valence-corrected chi connectivity index (χ3v) is 3.51. The number of rotatable bonds is 2. The molecule has 1 aliphatic heterocycles. The Balaban J connectivity index is 1.89. The topological polar surface area (TPSA) is 69.6 Å². The lowest BCUT2D eigenvalue weighted by Gasteiger charge is -2.48. The zero-order valence-electron chi connectivity index (χ0n) is 8.20. The van der Waals surface area contributed by atoms with Crippen LogP contribution < -0.4 is 5.32 Å². The highest BCUT2D eigenvalue weighted by molar-refractivity contribution is 5.71. The Labute approximate surface area is 83.3 Å². The van der Waals surface area contributed by atoms with Crippen LogP contribution in [0.15, 0.2) is 0 Å². The predicted octanol–water partition coefficient (Wildman–Crippen LogP) is 0.354. The molecular formula is C10H17NO3. The Morgan fingerprint density at radius 3 is 2.57 bits per heavy atom. The van der Waals surface area contributed by atoms with Crippen LogP contribution in [0.2, 0.25) is 0 Å². The molecule has 1 unspecified atom stereocenters. The molecule has 80 valence electrons. The van der Waals surface area contributed by atoms with Crippen LogP contribution in [0.1, 0.15) is 32.1 Å². The van der Waals surface area contributed by atoms with E-state index >= 15 is 0 Å². The van der Waals surface area contributed by atoms with Crippen molar-refractivity contribution in [1.82, 2.24) is 5.32 Å². The van der Waals surface area contributed by atoms with Crippen molar-refractivity contribution in [3.63, 3.8) is 0 Å². The standard InChI is InChI=1S/C10H17NO3/c12-9(13)7-5-10(14,6-7)8-3-1-2-4-11-8/h7-8,11,14H,1-6H2,(H,12,13). The summed E-state index contributed by atoms with van der Waals surface area (Å²) in [7, 11) is 0. The van der Waals surface area contributed by atoms with Gasteiger partial charge in [0, 0.05) is 6.04 Å². The smallest absolute Gasteiger partial charge is 0.306 e. The number of carboxylic acids is 1. The molecule has 0 spiro atoms. The van der Waals surface area contributed by atoms with E-state index in [1.54, 1.807) is 0 Å². The van der Waals surface area contributed by atoms with Crippen LogP contribution in [-0.2, 0) is 4.79 Å². The van der Waals surface area contributed by atoms with Crippen molar-refractivity contribution in [2.24, 2.45) is 5.92 Å². The van der Waals surface area contributed by atoms with Crippen LogP contribution in [0.4, 0.5) is 0 Å². The van der Waals surface area contributed by atoms with Gasteiger partial charge in [-0.25, -0.2) is 0 Å². The second-order valence-electron chi connectivity index (χ2n) is 4.55. The molecule has 14 heavy (non-hydrogen) atoms. The van der Waals surface area contributed by atoms with Crippen molar-refractivity contribution >= 4 is 5.97 Å². The molecule has 0 bridgehead atoms. The molecular weight excluding hydrogens is 182 g/mol. The van der Waals surface area contributed by atoms with Crippen molar-refractivity contribution in [2.75, 3.05) is 6.54 Å². The summed E-state index contributed by atoms with van der Waals surface area (Å²) in [6.07, 6.45) is 4.11. The highest BCUT2D eigenvalue weighted by Crippen LogP contribution is 2.42. The van der Waals surface area contributed by atoms with Crippen LogP contribution in [0.25, 0.3) is 0 Å². The van der Waals surface area contributed by atoms with Gasteiger partial charge in [0.25, 0.3) is 0 Å². The summed E-state index contributed by atoms with van der Waals surface area (Å²) in [6.45, 7) is 0.949. The first-order chi connectivity index (χ1) is 6.62. The molecule has 2 fully saturated rings. The van der Waals surface area contributed by atoms with Gasteiger partial charge in [-0.15, -0.1) is 0 Å². The molecule has 1 saturated heterocycles. The Morgan fingerprint density at radius 1 is 1.36 bits per heavy atom. The average Bonchev–Trinajstić information content (AvgIpc) is 2.14. The molecule has 2 rings (SSSR count). The summed E-state index contributed by atoms with van der Waals surface area (Å²) in [5.74, 6) is -1.10. The first-order valence-corrected chi connectivity index (χ1v) is 5.30. The normalized spacial score (nSPS) is 42.9. The highest BCUT2D eigenvalue weighted by atomic mass is 16.4. The van der Waals surface area contributed by atoms with Crippen LogP contribution >= 0.6 is 0 Å². The van der Waals surface area contributed by atoms with E-state index in [-0.39, 0.29) is 12.0 Å². The van der Waals surface area contributed by atoms with Gasteiger partial charge in [-0.05, 0) is 32.2 Å². The lowest BCUT2D eigenvalue weighted by Crippen LogP contribution is -2.60. The number of carboxylic acid groups (broad SMARTS) is 1. The summed E-state index contributed by atoms with van der Waals surface area (Å²) < 4.78 is 0. The summed E-state index contributed by atoms with van der Waals surface area (Å²) in [5, 5.41) is 22.1. The van der Waals surface area contributed by atoms with Crippen LogP contribution in [-0.4, -0.2) is 34.4 Å². The van der Waals surface area contributed by atoms with E-state index in [1.165, 1.54) is 0 Å². The Hall–Kier alpha value is -0.610. The van der Waals surface area contributed by atoms with Gasteiger partial charge in [-0.2, -0.15) is 0 Å². The monoisotopic (exact) mass is 199 g/mol. The fourth-order valence-electron chi connectivity index (χ4n) is 2.56. The fourth-order valence-corrected chi connectivity index (χ4v) is 2.56. The molecule has 1 heterocycles. The summed E-state index contributed by atoms with van der Waals surface area (Å²) in [4.78, 5) is 10.6. The first kappa shape index (κ1) is 9.93. The molecule has 0 aromatic rings. The van der Waals surface area contributed by atoms with E-state index in [2.05, 4.69) is 5.32 Å². The van der Waals surface area contributed by atoms with E-state index in [0.717, 1.165) is 25.8 Å². The van der Waals surface area contributed by atoms with Gasteiger partial charge < -0.3 is 15.5 Å². The van der Waals surface area contributed by atoms with Gasteiger partial charge in [-0.1, -0.05) is 6.42 Å². The Bertz CT molecular complexity index is 230. The molecule has 3 N–H and O–H groups in total. The molecule has 4 heteroatoms. The van der Waals surface area contributed by atoms with Crippen LogP contribution in [0.3, 0.4) is 0 Å². The molecule has 4 nitrogen and oxygen atoms in total. The number of carbonyl (C=O) groups is 1. The number of aliphatic carboxylic acids is 1. The lowest BCUT2D eigenvalue weighted by molar-refractivity contribution is -0.163. The predicted molar refractivity (Wildman–Crippen MR) is 51.0 cm³/mol. The summed E-state index contributed by atoms with van der Waals surface area (Å²) >= 11 is 0. The SMILES string of the molecule is O=C(O)C1CC(O)(C2CCCCN2)C1. The Kier molecular flexibility index (Phi) is 2.49. The van der Waals surface area contributed by atoms with E-state index in [0.29, 0.717) is 12.8 Å². The molecule has 1 atom stereocenters. The van der Waals surface area contributed by atoms with Gasteiger partial charge in [-0.3, -0.25) is 4.79 Å². The number of piperidine rings is 1. The average molecular weight is 199 g/mol. The minimum atomic E-state index is -0.773. The van der Waals surface area contributed by atoms with Gasteiger partial charge in [0.05, 0.1) is 11.5 Å². The molecule has 0 radical (unpaired) electrons. The van der Waals surface area contributed by atoms with Gasteiger partial charge in [0.1, 0.15) is 0 Å². The third-order valence-electron chi connectivity index (χ3n) is 3.51. The fraction of sp³-hybridized carbons (Fsp3) is 0.900. The van der Waals surface area contributed by atoms with E-state index < -0.39 is 11.6 Å². The van der Waals surface area contributed by atoms with E-state index in [1.807, 2.05) is 0 Å². The minimum Gasteiger partial charge on any atom is -0.481 e. The van der Waals surface area contributed by atoms with Crippen LogP contribution in [0, 0.1) is 5.92 Å². The van der Waals surface area contributed by atoms with E-state index in [4.69, 9.17) is 5.11 Å². The number of hydrogen-bond acceptors (Lipinski definition) is 3. The molecule has 2 aliphatic rings. The second-order valence-corrected chi connectivity index (χ2v) is 4.55. The van der Waals surface area contributed by atoms with Crippen molar-refractivity contribution in [1.29, 1.82) is 0 Å². The third kappa shape index (κ3) is 1.64. The summed E-state index contributed by atoms with van der Waals surface area (Å²) in [5.41, 5.74) is -0.747. The molecule has 0 aromatic carbocycles. The van der Waals surface area contributed by atoms with E-state index in [9.17, 15) is 9.90 Å². The van der Waals surface area contributed by atoms with Crippen molar-refractivity contribution < 1.29 is 15.0 Å². The second kappa shape index (κ2) is 3.51. The number of aliphatic hydroxyl groups is 1. The number of nitrogens with one attached hydrogen (secondary N) is 1. The largest absolute Gasteiger partial charge is 0.481 e. The first-order valence-electron chi connectivity index (χ1n) is 5.30. The van der Waals surface area contributed by atoms with Gasteiger partial charge >= 0.3 is 5.97 Å². The van der Waals surface area contributed by atoms with Crippen molar-refractivity contribution in [3.05, 3.63) is 0 Å². The van der Waals surface area contributed by atoms with Crippen LogP contribution in [0.5, 0.6) is 0 Å². The molecule has 1 aliphatic carbocycles. The van der Waals surface area contributed by atoms with Gasteiger partial charge in [0.2, 0.25) is 0 Å². The van der Waals surface area contributed by atoms with Crippen molar-refractivity contribution in [3.8, 4) is 0 Å². The zero-order valence-corrected chi connectivity index (χ0v) is 8.20. The quantitative estimate of drug-likeness (QED) is 0.600. The summed E-state index contributed by atoms with van der Waals surface area (Å²) in [6, 6.07) is 0.117. The maximum atomic E-state index is 10.6. The highest BCUT2D eigenvalue weighted by Gasteiger charge is 2.51. The van der Waals surface area contributed by atoms with Crippen molar-refractivity contribution in [2.45, 2.75) is 43.7 Å². The Morgan fingerprint density at radius 2 is 2.07 bits per heavy atom. The number of hydrogen-bond donors (Lipinski definition) is 3.